The topological polar surface area (TPSA) is 87.7 Å². The van der Waals surface area contributed by atoms with Gasteiger partial charge in [0, 0.05) is 17.3 Å². The number of nitrogens with zero attached hydrogens (tertiary/aromatic N) is 1. The molecule has 3 atom stereocenters. The molecule has 1 aliphatic rings. The van der Waals surface area contributed by atoms with Gasteiger partial charge in [-0.3, -0.25) is 9.59 Å². The standard InChI is InChI=1S/C28H33N3O4/c1-7-20-12-14-21(15-13-20)25(26(33)30-22-11-9-8-10-18(22)2)31(23-16-19(23)3)24(32)17-29-27(34)35-28(4,5)6/h1,8-15,19,23,25H,16-17H2,2-6H3,(H,29,34)(H,30,33). The number of aryl methyl sites for hydroxylation is 1. The van der Waals surface area contributed by atoms with Gasteiger partial charge in [0.25, 0.3) is 5.91 Å². The molecule has 0 radical (unpaired) electrons. The molecule has 7 nitrogen and oxygen atoms in total. The molecule has 3 rings (SSSR count). The van der Waals surface area contributed by atoms with Crippen molar-refractivity contribution in [2.24, 2.45) is 5.92 Å². The van der Waals surface area contributed by atoms with Crippen LogP contribution in [0, 0.1) is 25.2 Å². The highest BCUT2D eigenvalue weighted by atomic mass is 16.6. The molecule has 1 aliphatic carbocycles. The molecule has 7 heteroatoms. The molecule has 1 saturated carbocycles. The van der Waals surface area contributed by atoms with E-state index in [1.165, 1.54) is 0 Å². The number of terminal acetylenes is 1. The first-order valence-electron chi connectivity index (χ1n) is 11.7. The molecule has 0 bridgehead atoms. The number of ether oxygens (including phenoxy) is 1. The van der Waals surface area contributed by atoms with Crippen LogP contribution in [0.5, 0.6) is 0 Å². The van der Waals surface area contributed by atoms with Crippen molar-refractivity contribution in [3.63, 3.8) is 0 Å². The maximum Gasteiger partial charge on any atom is 0.408 e. The van der Waals surface area contributed by atoms with Crippen LogP contribution >= 0.6 is 0 Å². The Labute approximate surface area is 207 Å². The molecule has 0 heterocycles. The van der Waals surface area contributed by atoms with Gasteiger partial charge in [0.05, 0.1) is 0 Å². The van der Waals surface area contributed by atoms with Gasteiger partial charge in [-0.15, -0.1) is 6.42 Å². The molecule has 0 spiro atoms. The van der Waals surface area contributed by atoms with E-state index in [1.807, 2.05) is 38.1 Å². The first kappa shape index (κ1) is 25.8. The van der Waals surface area contributed by atoms with Gasteiger partial charge in [0.2, 0.25) is 5.91 Å². The average molecular weight is 476 g/mol. The van der Waals surface area contributed by atoms with E-state index in [9.17, 15) is 14.4 Å². The summed E-state index contributed by atoms with van der Waals surface area (Å²) in [7, 11) is 0. The smallest absolute Gasteiger partial charge is 0.408 e. The van der Waals surface area contributed by atoms with Crippen molar-refractivity contribution >= 4 is 23.6 Å². The minimum Gasteiger partial charge on any atom is -0.444 e. The lowest BCUT2D eigenvalue weighted by atomic mass is 10.0. The Bertz CT molecular complexity index is 1130. The number of benzene rings is 2. The van der Waals surface area contributed by atoms with Crippen molar-refractivity contribution in [3.8, 4) is 12.3 Å². The van der Waals surface area contributed by atoms with Crippen LogP contribution in [0.15, 0.2) is 48.5 Å². The van der Waals surface area contributed by atoms with Crippen LogP contribution < -0.4 is 10.6 Å². The second-order valence-electron chi connectivity index (χ2n) is 9.91. The third-order valence-corrected chi connectivity index (χ3v) is 5.82. The molecule has 0 aliphatic heterocycles. The third-order valence-electron chi connectivity index (χ3n) is 5.82. The summed E-state index contributed by atoms with van der Waals surface area (Å²) in [6.07, 6.45) is 5.59. The molecule has 3 unspecified atom stereocenters. The highest BCUT2D eigenvalue weighted by molar-refractivity contribution is 5.99. The number of anilines is 1. The van der Waals surface area contributed by atoms with Crippen molar-refractivity contribution in [2.75, 3.05) is 11.9 Å². The number of rotatable bonds is 7. The summed E-state index contributed by atoms with van der Waals surface area (Å²) in [5, 5.41) is 5.51. The van der Waals surface area contributed by atoms with Gasteiger partial charge in [-0.1, -0.05) is 43.2 Å². The third kappa shape index (κ3) is 6.86. The number of hydrogen-bond acceptors (Lipinski definition) is 4. The lowest BCUT2D eigenvalue weighted by Gasteiger charge is -2.32. The predicted molar refractivity (Wildman–Crippen MR) is 136 cm³/mol. The summed E-state index contributed by atoms with van der Waals surface area (Å²) in [5.41, 5.74) is 2.21. The van der Waals surface area contributed by atoms with Gasteiger partial charge in [0.15, 0.2) is 0 Å². The van der Waals surface area contributed by atoms with Crippen LogP contribution in [0.3, 0.4) is 0 Å². The van der Waals surface area contributed by atoms with E-state index >= 15 is 0 Å². The number of hydrogen-bond donors (Lipinski definition) is 2. The molecule has 2 aromatic rings. The zero-order chi connectivity index (χ0) is 25.8. The minimum atomic E-state index is -0.899. The van der Waals surface area contributed by atoms with Crippen molar-refractivity contribution < 1.29 is 19.1 Å². The van der Waals surface area contributed by atoms with Crippen molar-refractivity contribution in [3.05, 3.63) is 65.2 Å². The van der Waals surface area contributed by atoms with Crippen LogP contribution in [0.2, 0.25) is 0 Å². The first-order chi connectivity index (χ1) is 16.5. The highest BCUT2D eigenvalue weighted by Gasteiger charge is 2.46. The van der Waals surface area contributed by atoms with Gasteiger partial charge in [0.1, 0.15) is 18.2 Å². The van der Waals surface area contributed by atoms with Gasteiger partial charge < -0.3 is 20.3 Å². The number of carbonyl (C=O) groups excluding carboxylic acids is 3. The maximum absolute atomic E-state index is 13.7. The Hall–Kier alpha value is -3.79. The molecule has 0 aromatic heterocycles. The van der Waals surface area contributed by atoms with Crippen LogP contribution in [0.4, 0.5) is 10.5 Å². The van der Waals surface area contributed by atoms with E-state index in [4.69, 9.17) is 11.2 Å². The van der Waals surface area contributed by atoms with Crippen molar-refractivity contribution in [2.45, 2.75) is 58.7 Å². The maximum atomic E-state index is 13.7. The number of nitrogens with one attached hydrogen (secondary N) is 2. The normalized spacial score (nSPS) is 17.5. The van der Waals surface area contributed by atoms with E-state index in [0.29, 0.717) is 16.8 Å². The summed E-state index contributed by atoms with van der Waals surface area (Å²) < 4.78 is 5.26. The summed E-state index contributed by atoms with van der Waals surface area (Å²) >= 11 is 0. The van der Waals surface area contributed by atoms with Gasteiger partial charge in [-0.05, 0) is 69.4 Å². The fraction of sp³-hybridized carbons (Fsp3) is 0.393. The fourth-order valence-electron chi connectivity index (χ4n) is 3.88. The summed E-state index contributed by atoms with van der Waals surface area (Å²) in [4.78, 5) is 40.9. The van der Waals surface area contributed by atoms with E-state index in [1.54, 1.807) is 49.9 Å². The zero-order valence-electron chi connectivity index (χ0n) is 20.9. The fourth-order valence-corrected chi connectivity index (χ4v) is 3.88. The summed E-state index contributed by atoms with van der Waals surface area (Å²) in [5.74, 6) is 2.11. The van der Waals surface area contributed by atoms with Gasteiger partial charge >= 0.3 is 6.09 Å². The molecule has 2 aromatic carbocycles. The molecule has 3 amide bonds. The Morgan fingerprint density at radius 3 is 2.31 bits per heavy atom. The van der Waals surface area contributed by atoms with Gasteiger partial charge in [-0.2, -0.15) is 0 Å². The largest absolute Gasteiger partial charge is 0.444 e. The number of carbonyl (C=O) groups is 3. The monoisotopic (exact) mass is 475 g/mol. The van der Waals surface area contributed by atoms with Crippen LogP contribution in [-0.4, -0.2) is 41.0 Å². The lowest BCUT2D eigenvalue weighted by Crippen LogP contribution is -2.48. The number of alkyl carbamates (subject to hydrolysis) is 1. The van der Waals surface area contributed by atoms with E-state index in [2.05, 4.69) is 16.6 Å². The molecule has 184 valence electrons. The lowest BCUT2D eigenvalue weighted by molar-refractivity contribution is -0.139. The van der Waals surface area contributed by atoms with E-state index in [0.717, 1.165) is 12.0 Å². The average Bonchev–Trinajstić information content (AvgIpc) is 3.51. The Kier molecular flexibility index (Phi) is 7.85. The molecule has 35 heavy (non-hydrogen) atoms. The minimum absolute atomic E-state index is 0.122. The quantitative estimate of drug-likeness (QED) is 0.581. The Morgan fingerprint density at radius 1 is 1.14 bits per heavy atom. The van der Waals surface area contributed by atoms with Crippen LogP contribution in [-0.2, 0) is 14.3 Å². The molecule has 0 saturated heterocycles. The molecule has 2 N–H and O–H groups in total. The highest BCUT2D eigenvalue weighted by Crippen LogP contribution is 2.40. The SMILES string of the molecule is C#Cc1ccc(C(C(=O)Nc2ccccc2C)N(C(=O)CNC(=O)OC(C)(C)C)C2CC2C)cc1. The van der Waals surface area contributed by atoms with Crippen molar-refractivity contribution in [1.29, 1.82) is 0 Å². The summed E-state index contributed by atoms with van der Waals surface area (Å²) in [6.45, 7) is 8.90. The first-order valence-corrected chi connectivity index (χ1v) is 11.7. The number of amides is 3. The van der Waals surface area contributed by atoms with E-state index in [-0.39, 0.29) is 30.3 Å². The second kappa shape index (κ2) is 10.6. The number of para-hydroxylation sites is 1. The van der Waals surface area contributed by atoms with Crippen molar-refractivity contribution in [1.82, 2.24) is 10.2 Å². The van der Waals surface area contributed by atoms with Gasteiger partial charge in [-0.25, -0.2) is 4.79 Å². The molecular formula is C28H33N3O4. The van der Waals surface area contributed by atoms with E-state index < -0.39 is 17.7 Å². The van der Waals surface area contributed by atoms with Crippen LogP contribution in [0.1, 0.15) is 56.8 Å². The molecular weight excluding hydrogens is 442 g/mol. The second-order valence-corrected chi connectivity index (χ2v) is 9.91. The van der Waals surface area contributed by atoms with Crippen LogP contribution in [0.25, 0.3) is 0 Å². The zero-order valence-corrected chi connectivity index (χ0v) is 20.9. The summed E-state index contributed by atoms with van der Waals surface area (Å²) in [6, 6.07) is 13.5. The predicted octanol–water partition coefficient (Wildman–Crippen LogP) is 4.42. The molecule has 1 fully saturated rings. The Morgan fingerprint density at radius 2 is 1.77 bits per heavy atom. The Balaban J connectivity index is 1.91.